The lowest BCUT2D eigenvalue weighted by Crippen LogP contribution is -2.55. The van der Waals surface area contributed by atoms with Crippen LogP contribution >= 0.6 is 0 Å². The van der Waals surface area contributed by atoms with Crippen LogP contribution in [0.15, 0.2) is 42.7 Å². The number of hydrogen-bond donors (Lipinski definition) is 2. The number of hydrogen-bond acceptors (Lipinski definition) is 6. The zero-order valence-corrected chi connectivity index (χ0v) is 21.1. The van der Waals surface area contributed by atoms with Crippen molar-refractivity contribution >= 4 is 22.8 Å². The molecule has 1 unspecified atom stereocenters. The molecule has 190 valence electrons. The average Bonchev–Trinajstić information content (AvgIpc) is 3.59. The molecule has 2 fully saturated rings. The van der Waals surface area contributed by atoms with Gasteiger partial charge in [-0.1, -0.05) is 36.6 Å². The van der Waals surface area contributed by atoms with E-state index in [1.165, 1.54) is 6.42 Å². The molecule has 0 radical (unpaired) electrons. The van der Waals surface area contributed by atoms with E-state index in [1.807, 2.05) is 42.3 Å². The molecule has 1 aliphatic carbocycles. The Balaban J connectivity index is 1.41. The van der Waals surface area contributed by atoms with Crippen LogP contribution in [0.25, 0.3) is 16.7 Å². The summed E-state index contributed by atoms with van der Waals surface area (Å²) in [5.74, 6) is 0.0723. The summed E-state index contributed by atoms with van der Waals surface area (Å²) in [4.78, 5) is 33.3. The highest BCUT2D eigenvalue weighted by atomic mass is 16.2. The van der Waals surface area contributed by atoms with Crippen molar-refractivity contribution in [1.29, 1.82) is 0 Å². The third kappa shape index (κ3) is 4.84. The molecule has 3 aromatic rings. The quantitative estimate of drug-likeness (QED) is 0.528. The predicted molar refractivity (Wildman–Crippen MR) is 137 cm³/mol. The molecule has 1 aliphatic heterocycles. The Morgan fingerprint density at radius 2 is 1.86 bits per heavy atom. The van der Waals surface area contributed by atoms with E-state index in [4.69, 9.17) is 0 Å². The molecule has 2 N–H and O–H groups in total. The molecule has 1 saturated heterocycles. The molecular weight excluding hydrogens is 454 g/mol. The molecule has 2 aliphatic rings. The molecule has 3 atom stereocenters. The van der Waals surface area contributed by atoms with Crippen molar-refractivity contribution in [1.82, 2.24) is 35.5 Å². The summed E-state index contributed by atoms with van der Waals surface area (Å²) in [6.07, 6.45) is 10.8. The van der Waals surface area contributed by atoms with Crippen LogP contribution in [0, 0.1) is 5.92 Å². The number of pyridine rings is 1. The van der Waals surface area contributed by atoms with E-state index in [9.17, 15) is 9.59 Å². The van der Waals surface area contributed by atoms with Crippen molar-refractivity contribution in [2.24, 2.45) is 5.92 Å². The van der Waals surface area contributed by atoms with Crippen LogP contribution in [0.3, 0.4) is 0 Å². The van der Waals surface area contributed by atoms with Gasteiger partial charge in [-0.25, -0.2) is 4.68 Å². The summed E-state index contributed by atoms with van der Waals surface area (Å²) in [5, 5.41) is 14.7. The molecule has 1 saturated carbocycles. The first-order valence-electron chi connectivity index (χ1n) is 13.1. The van der Waals surface area contributed by atoms with Crippen LogP contribution in [0.4, 0.5) is 0 Å². The van der Waals surface area contributed by atoms with Crippen LogP contribution in [-0.2, 0) is 9.59 Å². The maximum atomic E-state index is 14.0. The van der Waals surface area contributed by atoms with E-state index in [1.54, 1.807) is 17.9 Å². The number of rotatable bonds is 7. The van der Waals surface area contributed by atoms with Crippen LogP contribution in [-0.4, -0.2) is 62.4 Å². The van der Waals surface area contributed by atoms with Gasteiger partial charge in [-0.05, 0) is 69.3 Å². The molecule has 0 bridgehead atoms. The largest absolute Gasteiger partial charge is 0.343 e. The van der Waals surface area contributed by atoms with Crippen molar-refractivity contribution in [2.75, 3.05) is 13.6 Å². The zero-order valence-electron chi connectivity index (χ0n) is 21.1. The summed E-state index contributed by atoms with van der Waals surface area (Å²) < 4.78 is 1.79. The number of likely N-dealkylation sites (tertiary alicyclic amines) is 1. The third-order valence-electron chi connectivity index (χ3n) is 7.77. The number of nitrogens with one attached hydrogen (secondary N) is 2. The van der Waals surface area contributed by atoms with Gasteiger partial charge in [0.2, 0.25) is 11.8 Å². The predicted octanol–water partition coefficient (Wildman–Crippen LogP) is 3.15. The van der Waals surface area contributed by atoms with E-state index in [0.29, 0.717) is 6.54 Å². The van der Waals surface area contributed by atoms with Gasteiger partial charge in [0.05, 0.1) is 29.5 Å². The lowest BCUT2D eigenvalue weighted by atomic mass is 9.83. The van der Waals surface area contributed by atoms with Crippen LogP contribution in [0.2, 0.25) is 0 Å². The lowest BCUT2D eigenvalue weighted by Gasteiger charge is -2.35. The average molecular weight is 490 g/mol. The molecule has 2 amide bonds. The molecule has 5 rings (SSSR count). The second kappa shape index (κ2) is 10.7. The summed E-state index contributed by atoms with van der Waals surface area (Å²) in [6, 6.07) is 8.95. The highest BCUT2D eigenvalue weighted by molar-refractivity contribution is 5.90. The van der Waals surface area contributed by atoms with Crippen LogP contribution in [0.1, 0.15) is 63.5 Å². The minimum Gasteiger partial charge on any atom is -0.343 e. The van der Waals surface area contributed by atoms with Crippen molar-refractivity contribution in [3.8, 4) is 5.69 Å². The number of carbonyl (C=O) groups is 2. The normalized spacial score (nSPS) is 20.4. The number of nitrogens with zero attached hydrogens (tertiary/aromatic N) is 5. The Bertz CT molecular complexity index is 1220. The van der Waals surface area contributed by atoms with Crippen molar-refractivity contribution in [3.05, 3.63) is 48.3 Å². The number of aromatic nitrogens is 4. The topological polar surface area (TPSA) is 105 Å². The molecule has 9 nitrogen and oxygen atoms in total. The molecule has 3 heterocycles. The van der Waals surface area contributed by atoms with Gasteiger partial charge in [0.25, 0.3) is 0 Å². The highest BCUT2D eigenvalue weighted by Crippen LogP contribution is 2.35. The first-order chi connectivity index (χ1) is 17.6. The van der Waals surface area contributed by atoms with Gasteiger partial charge in [0, 0.05) is 12.7 Å². The lowest BCUT2D eigenvalue weighted by molar-refractivity contribution is -0.139. The molecule has 9 heteroatoms. The Labute approximate surface area is 211 Å². The Morgan fingerprint density at radius 1 is 1.06 bits per heavy atom. The fourth-order valence-electron chi connectivity index (χ4n) is 5.62. The number of para-hydroxylation sites is 1. The number of fused-ring (bicyclic) bond motifs is 1. The fourth-order valence-corrected chi connectivity index (χ4v) is 5.62. The maximum Gasteiger partial charge on any atom is 0.245 e. The highest BCUT2D eigenvalue weighted by Gasteiger charge is 2.39. The van der Waals surface area contributed by atoms with Crippen molar-refractivity contribution < 1.29 is 9.59 Å². The second-order valence-corrected chi connectivity index (χ2v) is 10.1. The fraction of sp³-hybridized carbons (Fsp3) is 0.519. The van der Waals surface area contributed by atoms with Gasteiger partial charge in [-0.3, -0.25) is 14.6 Å². The maximum absolute atomic E-state index is 14.0. The van der Waals surface area contributed by atoms with E-state index in [0.717, 1.165) is 60.8 Å². The summed E-state index contributed by atoms with van der Waals surface area (Å²) in [6.45, 7) is 2.50. The standard InChI is InChI=1S/C27H35N7O2/c1-18(28-2)26(35)30-25(19-9-4-3-5-10-19)27(36)33-14-8-13-23(33)20-15-21(17-29-16-20)34-24-12-7-6-11-22(24)31-32-34/h6-7,11-12,15-19,23,25,28H,3-5,8-10,13-14H2,1-2H3,(H,30,35)/t18?,23-,25-/m0/s1. The number of carbonyl (C=O) groups excluding carboxylic acids is 2. The Morgan fingerprint density at radius 3 is 2.67 bits per heavy atom. The van der Waals surface area contributed by atoms with E-state index in [-0.39, 0.29) is 29.8 Å². The Hall–Kier alpha value is -3.33. The van der Waals surface area contributed by atoms with Gasteiger partial charge in [-0.15, -0.1) is 5.10 Å². The molecule has 0 spiro atoms. The second-order valence-electron chi connectivity index (χ2n) is 10.1. The molecule has 36 heavy (non-hydrogen) atoms. The van der Waals surface area contributed by atoms with Crippen LogP contribution in [0.5, 0.6) is 0 Å². The SMILES string of the molecule is CNC(C)C(=O)N[C@H](C(=O)N1CCC[C@H]1c1cncc(-n2nnc3ccccc32)c1)C1CCCCC1. The summed E-state index contributed by atoms with van der Waals surface area (Å²) in [5.41, 5.74) is 3.53. The molecular formula is C27H35N7O2. The third-order valence-corrected chi connectivity index (χ3v) is 7.77. The minimum absolute atomic E-state index is 0.0256. The number of likely N-dealkylation sites (N-methyl/N-ethyl adjacent to an activating group) is 1. The Kier molecular flexibility index (Phi) is 7.27. The minimum atomic E-state index is -0.496. The van der Waals surface area contributed by atoms with Crippen molar-refractivity contribution in [3.63, 3.8) is 0 Å². The number of benzene rings is 1. The van der Waals surface area contributed by atoms with Gasteiger partial charge in [0.15, 0.2) is 0 Å². The summed E-state index contributed by atoms with van der Waals surface area (Å²) in [7, 11) is 1.76. The first kappa shape index (κ1) is 24.4. The molecule has 1 aromatic carbocycles. The monoisotopic (exact) mass is 489 g/mol. The van der Waals surface area contributed by atoms with Gasteiger partial charge >= 0.3 is 0 Å². The van der Waals surface area contributed by atoms with E-state index < -0.39 is 6.04 Å². The van der Waals surface area contributed by atoms with Crippen LogP contribution < -0.4 is 10.6 Å². The zero-order chi connectivity index (χ0) is 25.1. The summed E-state index contributed by atoms with van der Waals surface area (Å²) >= 11 is 0. The number of amides is 2. The first-order valence-corrected chi connectivity index (χ1v) is 13.1. The van der Waals surface area contributed by atoms with Gasteiger partial charge < -0.3 is 15.5 Å². The van der Waals surface area contributed by atoms with E-state index >= 15 is 0 Å². The van der Waals surface area contributed by atoms with Gasteiger partial charge in [-0.2, -0.15) is 0 Å². The smallest absolute Gasteiger partial charge is 0.245 e. The van der Waals surface area contributed by atoms with Gasteiger partial charge in [0.1, 0.15) is 11.6 Å². The van der Waals surface area contributed by atoms with Crippen molar-refractivity contribution in [2.45, 2.75) is 70.0 Å². The molecule has 2 aromatic heterocycles. The van der Waals surface area contributed by atoms with E-state index in [2.05, 4.69) is 32.0 Å².